The molecular formula is C8H9F2NO2S. The average Bonchev–Trinajstić information content (AvgIpc) is 2.51. The van der Waals surface area contributed by atoms with Gasteiger partial charge in [0, 0.05) is 0 Å². The van der Waals surface area contributed by atoms with Crippen molar-refractivity contribution in [2.24, 2.45) is 5.73 Å². The van der Waals surface area contributed by atoms with Crippen molar-refractivity contribution in [1.82, 2.24) is 0 Å². The van der Waals surface area contributed by atoms with Crippen LogP contribution in [0.15, 0.2) is 11.4 Å². The van der Waals surface area contributed by atoms with Gasteiger partial charge in [-0.1, -0.05) is 0 Å². The smallest absolute Gasteiger partial charge is 0.328 e. The summed E-state index contributed by atoms with van der Waals surface area (Å²) in [5.74, 6) is -1.24. The van der Waals surface area contributed by atoms with Crippen LogP contribution in [0.1, 0.15) is 23.8 Å². The molecule has 1 atom stereocenters. The first-order valence-electron chi connectivity index (χ1n) is 3.75. The summed E-state index contributed by atoms with van der Waals surface area (Å²) in [6.07, 6.45) is -2.58. The third-order valence-electron chi connectivity index (χ3n) is 1.88. The predicted molar refractivity (Wildman–Crippen MR) is 48.5 cm³/mol. The molecule has 0 aliphatic rings. The van der Waals surface area contributed by atoms with Crippen molar-refractivity contribution >= 4 is 17.3 Å². The van der Waals surface area contributed by atoms with Gasteiger partial charge in [0.1, 0.15) is 5.54 Å². The number of halogens is 2. The first-order chi connectivity index (χ1) is 6.35. The van der Waals surface area contributed by atoms with Gasteiger partial charge in [-0.05, 0) is 23.9 Å². The maximum atomic E-state index is 12.2. The highest BCUT2D eigenvalue weighted by atomic mass is 32.1. The third-order valence-corrected chi connectivity index (χ3v) is 2.82. The van der Waals surface area contributed by atoms with E-state index in [0.29, 0.717) is 0 Å². The minimum Gasteiger partial charge on any atom is -0.480 e. The van der Waals surface area contributed by atoms with Crippen LogP contribution in [-0.2, 0) is 10.3 Å². The molecule has 0 unspecified atom stereocenters. The SMILES string of the molecule is C[C@](N)(C(=O)O)c1csc(C(F)F)c1. The number of carboxylic acids is 1. The van der Waals surface area contributed by atoms with Crippen LogP contribution < -0.4 is 5.73 Å². The Labute approximate surface area is 83.2 Å². The van der Waals surface area contributed by atoms with Gasteiger partial charge in [-0.25, -0.2) is 13.6 Å². The van der Waals surface area contributed by atoms with Gasteiger partial charge in [-0.15, -0.1) is 11.3 Å². The zero-order chi connectivity index (χ0) is 10.9. The largest absolute Gasteiger partial charge is 0.480 e. The van der Waals surface area contributed by atoms with Crippen LogP contribution in [0.25, 0.3) is 0 Å². The lowest BCUT2D eigenvalue weighted by molar-refractivity contribution is -0.143. The minimum atomic E-state index is -2.58. The second-order valence-corrected chi connectivity index (χ2v) is 3.99. The summed E-state index contributed by atoms with van der Waals surface area (Å²) in [4.78, 5) is 10.5. The summed E-state index contributed by atoms with van der Waals surface area (Å²) in [6.45, 7) is 1.27. The monoisotopic (exact) mass is 221 g/mol. The fraction of sp³-hybridized carbons (Fsp3) is 0.375. The van der Waals surface area contributed by atoms with Crippen LogP contribution in [0.5, 0.6) is 0 Å². The Balaban J connectivity index is 3.03. The van der Waals surface area contributed by atoms with Gasteiger partial charge in [0.25, 0.3) is 6.43 Å². The van der Waals surface area contributed by atoms with E-state index in [4.69, 9.17) is 10.8 Å². The van der Waals surface area contributed by atoms with Gasteiger partial charge < -0.3 is 10.8 Å². The number of hydrogen-bond donors (Lipinski definition) is 2. The second kappa shape index (κ2) is 3.62. The molecule has 0 aromatic carbocycles. The van der Waals surface area contributed by atoms with Crippen LogP contribution in [0.2, 0.25) is 0 Å². The molecule has 0 amide bonds. The van der Waals surface area contributed by atoms with E-state index in [1.165, 1.54) is 12.3 Å². The van der Waals surface area contributed by atoms with Crippen molar-refractivity contribution < 1.29 is 18.7 Å². The molecule has 1 aromatic rings. The maximum absolute atomic E-state index is 12.2. The second-order valence-electron chi connectivity index (χ2n) is 3.05. The number of rotatable bonds is 3. The molecule has 6 heteroatoms. The molecule has 3 nitrogen and oxygen atoms in total. The molecule has 78 valence electrons. The standard InChI is InChI=1S/C8H9F2NO2S/c1-8(11,7(12)13)4-2-5(6(9)10)14-3-4/h2-3,6H,11H2,1H3,(H,12,13)/t8-/m1/s1. The Morgan fingerprint density at radius 2 is 2.29 bits per heavy atom. The average molecular weight is 221 g/mol. The molecule has 14 heavy (non-hydrogen) atoms. The number of aliphatic carboxylic acids is 1. The molecule has 0 spiro atoms. The molecule has 1 heterocycles. The van der Waals surface area contributed by atoms with E-state index < -0.39 is 17.9 Å². The number of carboxylic acid groups (broad SMARTS) is 1. The summed E-state index contributed by atoms with van der Waals surface area (Å²) in [5.41, 5.74) is 4.05. The molecule has 0 bridgehead atoms. The molecule has 0 saturated carbocycles. The van der Waals surface area contributed by atoms with Gasteiger partial charge in [-0.2, -0.15) is 0 Å². The molecule has 0 radical (unpaired) electrons. The number of hydrogen-bond acceptors (Lipinski definition) is 3. The maximum Gasteiger partial charge on any atom is 0.328 e. The van der Waals surface area contributed by atoms with E-state index >= 15 is 0 Å². The van der Waals surface area contributed by atoms with E-state index in [0.717, 1.165) is 17.4 Å². The molecule has 0 aliphatic carbocycles. The summed E-state index contributed by atoms with van der Waals surface area (Å²) in [5, 5.41) is 10.1. The quantitative estimate of drug-likeness (QED) is 0.819. The van der Waals surface area contributed by atoms with E-state index in [1.54, 1.807) is 0 Å². The number of thiophene rings is 1. The molecule has 1 rings (SSSR count). The van der Waals surface area contributed by atoms with Gasteiger partial charge in [-0.3, -0.25) is 0 Å². The van der Waals surface area contributed by atoms with Gasteiger partial charge in [0.15, 0.2) is 0 Å². The zero-order valence-electron chi connectivity index (χ0n) is 7.33. The summed E-state index contributed by atoms with van der Waals surface area (Å²) < 4.78 is 24.4. The van der Waals surface area contributed by atoms with Crippen molar-refractivity contribution in [3.8, 4) is 0 Å². The lowest BCUT2D eigenvalue weighted by Gasteiger charge is -2.17. The fourth-order valence-corrected chi connectivity index (χ4v) is 1.74. The topological polar surface area (TPSA) is 63.3 Å². The zero-order valence-corrected chi connectivity index (χ0v) is 8.15. The highest BCUT2D eigenvalue weighted by Crippen LogP contribution is 2.30. The van der Waals surface area contributed by atoms with Gasteiger partial charge in [0.05, 0.1) is 4.88 Å². The van der Waals surface area contributed by atoms with Crippen LogP contribution in [0, 0.1) is 0 Å². The lowest BCUT2D eigenvalue weighted by Crippen LogP contribution is -2.41. The molecular weight excluding hydrogens is 212 g/mol. The van der Waals surface area contributed by atoms with Gasteiger partial charge >= 0.3 is 5.97 Å². The Hall–Kier alpha value is -1.01. The number of carbonyl (C=O) groups is 1. The first kappa shape index (κ1) is 11.1. The number of alkyl halides is 2. The van der Waals surface area contributed by atoms with Crippen LogP contribution in [-0.4, -0.2) is 11.1 Å². The predicted octanol–water partition coefficient (Wildman–Crippen LogP) is 1.94. The first-order valence-corrected chi connectivity index (χ1v) is 4.63. The van der Waals surface area contributed by atoms with Crippen LogP contribution >= 0.6 is 11.3 Å². The molecule has 0 fully saturated rings. The van der Waals surface area contributed by atoms with Crippen molar-refractivity contribution in [3.05, 3.63) is 21.9 Å². The Bertz CT molecular complexity index is 349. The number of nitrogens with two attached hydrogens (primary N) is 1. The molecule has 0 aliphatic heterocycles. The summed E-state index contributed by atoms with van der Waals surface area (Å²) in [6, 6.07) is 1.13. The minimum absolute atomic E-state index is 0.169. The van der Waals surface area contributed by atoms with Crippen molar-refractivity contribution in [3.63, 3.8) is 0 Å². The summed E-state index contributed by atoms with van der Waals surface area (Å²) >= 11 is 0.809. The molecule has 1 aromatic heterocycles. The van der Waals surface area contributed by atoms with E-state index in [2.05, 4.69) is 0 Å². The highest BCUT2D eigenvalue weighted by Gasteiger charge is 2.31. The molecule has 3 N–H and O–H groups in total. The van der Waals surface area contributed by atoms with Gasteiger partial charge in [0.2, 0.25) is 0 Å². The normalized spacial score (nSPS) is 15.5. The highest BCUT2D eigenvalue weighted by molar-refractivity contribution is 7.10. The van der Waals surface area contributed by atoms with E-state index in [-0.39, 0.29) is 10.4 Å². The third kappa shape index (κ3) is 1.91. The molecule has 0 saturated heterocycles. The van der Waals surface area contributed by atoms with Crippen LogP contribution in [0.4, 0.5) is 8.78 Å². The van der Waals surface area contributed by atoms with Crippen LogP contribution in [0.3, 0.4) is 0 Å². The van der Waals surface area contributed by atoms with Crippen molar-refractivity contribution in [1.29, 1.82) is 0 Å². The van der Waals surface area contributed by atoms with Crippen molar-refractivity contribution in [2.75, 3.05) is 0 Å². The summed E-state index contributed by atoms with van der Waals surface area (Å²) in [7, 11) is 0. The fourth-order valence-electron chi connectivity index (χ4n) is 0.863. The van der Waals surface area contributed by atoms with E-state index in [9.17, 15) is 13.6 Å². The van der Waals surface area contributed by atoms with E-state index in [1.807, 2.05) is 0 Å². The Kier molecular flexibility index (Phi) is 2.86. The lowest BCUT2D eigenvalue weighted by atomic mass is 9.96. The van der Waals surface area contributed by atoms with Crippen molar-refractivity contribution in [2.45, 2.75) is 18.9 Å². The Morgan fingerprint density at radius 3 is 2.64 bits per heavy atom. The Morgan fingerprint density at radius 1 is 1.71 bits per heavy atom.